The summed E-state index contributed by atoms with van der Waals surface area (Å²) in [6.45, 7) is 5.50. The summed E-state index contributed by atoms with van der Waals surface area (Å²) in [5.74, 6) is 0.576. The van der Waals surface area contributed by atoms with Gasteiger partial charge in [-0.1, -0.05) is 6.07 Å². The van der Waals surface area contributed by atoms with Crippen LogP contribution in [0.5, 0.6) is 0 Å². The molecule has 0 bridgehead atoms. The molecule has 3 nitrogen and oxygen atoms in total. The van der Waals surface area contributed by atoms with E-state index in [1.165, 1.54) is 12.0 Å². The molecule has 1 atom stereocenters. The number of hydrogen-bond acceptors (Lipinski definition) is 3. The van der Waals surface area contributed by atoms with Crippen molar-refractivity contribution in [1.29, 1.82) is 0 Å². The molecule has 1 aromatic carbocycles. The molecule has 3 rings (SSSR count). The van der Waals surface area contributed by atoms with E-state index in [4.69, 9.17) is 4.42 Å². The van der Waals surface area contributed by atoms with E-state index in [1.54, 1.807) is 0 Å². The van der Waals surface area contributed by atoms with Crippen LogP contribution in [0.1, 0.15) is 25.3 Å². The molecule has 1 aromatic heterocycles. The molecule has 78 valence electrons. The Morgan fingerprint density at radius 3 is 3.00 bits per heavy atom. The van der Waals surface area contributed by atoms with Crippen LogP contribution < -0.4 is 5.32 Å². The van der Waals surface area contributed by atoms with Crippen molar-refractivity contribution in [2.75, 3.05) is 6.54 Å². The van der Waals surface area contributed by atoms with Gasteiger partial charge >= 0.3 is 0 Å². The fourth-order valence-electron chi connectivity index (χ4n) is 2.24. The highest BCUT2D eigenvalue weighted by Gasteiger charge is 2.38. The van der Waals surface area contributed by atoms with Crippen molar-refractivity contribution < 1.29 is 4.42 Å². The molecule has 2 aromatic rings. The molecule has 0 aliphatic carbocycles. The van der Waals surface area contributed by atoms with Gasteiger partial charge < -0.3 is 9.73 Å². The average Bonchev–Trinajstić information content (AvgIpc) is 2.63. The maximum Gasteiger partial charge on any atom is 0.181 e. The largest absolute Gasteiger partial charge is 0.443 e. The molecule has 1 aliphatic heterocycles. The summed E-state index contributed by atoms with van der Waals surface area (Å²) in [4.78, 5) is 4.12. The average molecular weight is 202 g/mol. The smallest absolute Gasteiger partial charge is 0.181 e. The first-order chi connectivity index (χ1) is 7.17. The Bertz CT molecular complexity index is 501. The highest BCUT2D eigenvalue weighted by Crippen LogP contribution is 2.35. The maximum absolute atomic E-state index is 5.31. The van der Waals surface area contributed by atoms with E-state index >= 15 is 0 Å². The normalized spacial score (nSPS) is 24.0. The van der Waals surface area contributed by atoms with Gasteiger partial charge in [0.15, 0.2) is 12.0 Å². The zero-order valence-corrected chi connectivity index (χ0v) is 8.95. The van der Waals surface area contributed by atoms with Gasteiger partial charge in [0.1, 0.15) is 5.52 Å². The first-order valence-corrected chi connectivity index (χ1v) is 5.25. The second kappa shape index (κ2) is 2.83. The van der Waals surface area contributed by atoms with Crippen LogP contribution in [-0.2, 0) is 0 Å². The zero-order valence-electron chi connectivity index (χ0n) is 8.95. The van der Waals surface area contributed by atoms with Crippen LogP contribution in [0.25, 0.3) is 11.1 Å². The van der Waals surface area contributed by atoms with E-state index in [0.717, 1.165) is 17.6 Å². The van der Waals surface area contributed by atoms with E-state index in [2.05, 4.69) is 36.3 Å². The highest BCUT2D eigenvalue weighted by molar-refractivity contribution is 5.73. The third-order valence-corrected chi connectivity index (χ3v) is 3.39. The summed E-state index contributed by atoms with van der Waals surface area (Å²) in [5.41, 5.74) is 3.36. The number of fused-ring (bicyclic) bond motifs is 1. The summed E-state index contributed by atoms with van der Waals surface area (Å²) >= 11 is 0. The number of oxazole rings is 1. The van der Waals surface area contributed by atoms with Crippen molar-refractivity contribution in [3.63, 3.8) is 0 Å². The molecule has 1 aliphatic rings. The number of hydrogen-bond donors (Lipinski definition) is 1. The van der Waals surface area contributed by atoms with Crippen LogP contribution in [0.3, 0.4) is 0 Å². The molecular weight excluding hydrogens is 188 g/mol. The van der Waals surface area contributed by atoms with Gasteiger partial charge in [-0.15, -0.1) is 0 Å². The van der Waals surface area contributed by atoms with Crippen LogP contribution >= 0.6 is 0 Å². The van der Waals surface area contributed by atoms with Crippen molar-refractivity contribution in [3.8, 4) is 0 Å². The van der Waals surface area contributed by atoms with Gasteiger partial charge in [0.05, 0.1) is 0 Å². The molecule has 15 heavy (non-hydrogen) atoms. The summed E-state index contributed by atoms with van der Waals surface area (Å²) in [6, 6.07) is 6.29. The van der Waals surface area contributed by atoms with Crippen LogP contribution in [0.2, 0.25) is 0 Å². The first kappa shape index (κ1) is 8.92. The monoisotopic (exact) mass is 202 g/mol. The first-order valence-electron chi connectivity index (χ1n) is 5.25. The van der Waals surface area contributed by atoms with Crippen LogP contribution in [-0.4, -0.2) is 17.1 Å². The Morgan fingerprint density at radius 2 is 2.33 bits per heavy atom. The van der Waals surface area contributed by atoms with Gasteiger partial charge in [-0.2, -0.15) is 0 Å². The molecule has 1 unspecified atom stereocenters. The van der Waals surface area contributed by atoms with E-state index in [-0.39, 0.29) is 5.54 Å². The number of nitrogens with zero attached hydrogens (tertiary/aromatic N) is 1. The molecule has 2 heterocycles. The summed E-state index contributed by atoms with van der Waals surface area (Å²) in [6.07, 6.45) is 1.50. The van der Waals surface area contributed by atoms with E-state index < -0.39 is 0 Å². The number of aromatic nitrogens is 1. The van der Waals surface area contributed by atoms with E-state index in [0.29, 0.717) is 5.92 Å². The Hall–Kier alpha value is -1.35. The van der Waals surface area contributed by atoms with Gasteiger partial charge in [-0.3, -0.25) is 0 Å². The molecule has 0 spiro atoms. The molecule has 1 saturated heterocycles. The van der Waals surface area contributed by atoms with Crippen LogP contribution in [0, 0.1) is 0 Å². The predicted molar refractivity (Wildman–Crippen MR) is 58.8 cm³/mol. The van der Waals surface area contributed by atoms with Crippen LogP contribution in [0.4, 0.5) is 0 Å². The standard InChI is InChI=1S/C12H14N2O/c1-12(2)9(6-14-12)8-3-4-10-11(5-8)15-7-13-10/h3-5,7,9,14H,6H2,1-2H3. The lowest BCUT2D eigenvalue weighted by Crippen LogP contribution is -2.59. The molecule has 0 radical (unpaired) electrons. The Labute approximate surface area is 88.5 Å². The van der Waals surface area contributed by atoms with Gasteiger partial charge in [-0.05, 0) is 31.5 Å². The van der Waals surface area contributed by atoms with Crippen molar-refractivity contribution in [1.82, 2.24) is 10.3 Å². The third-order valence-electron chi connectivity index (χ3n) is 3.39. The summed E-state index contributed by atoms with van der Waals surface area (Å²) in [7, 11) is 0. The van der Waals surface area contributed by atoms with Gasteiger partial charge in [0.2, 0.25) is 0 Å². The zero-order chi connectivity index (χ0) is 10.5. The van der Waals surface area contributed by atoms with Gasteiger partial charge in [0.25, 0.3) is 0 Å². The van der Waals surface area contributed by atoms with Gasteiger partial charge in [-0.25, -0.2) is 4.98 Å². The number of benzene rings is 1. The molecular formula is C12H14N2O. The minimum absolute atomic E-state index is 0.202. The second-order valence-electron chi connectivity index (χ2n) is 4.73. The fraction of sp³-hybridized carbons (Fsp3) is 0.417. The molecule has 0 amide bonds. The van der Waals surface area contributed by atoms with Crippen molar-refractivity contribution >= 4 is 11.1 Å². The fourth-order valence-corrected chi connectivity index (χ4v) is 2.24. The molecule has 3 heteroatoms. The predicted octanol–water partition coefficient (Wildman–Crippen LogP) is 2.29. The van der Waals surface area contributed by atoms with E-state index in [9.17, 15) is 0 Å². The highest BCUT2D eigenvalue weighted by atomic mass is 16.3. The van der Waals surface area contributed by atoms with E-state index in [1.807, 2.05) is 6.07 Å². The number of rotatable bonds is 1. The van der Waals surface area contributed by atoms with Crippen LogP contribution in [0.15, 0.2) is 29.0 Å². The Balaban J connectivity index is 2.04. The summed E-state index contributed by atoms with van der Waals surface area (Å²) < 4.78 is 5.31. The SMILES string of the molecule is CC1(C)NCC1c1ccc2ncoc2c1. The van der Waals surface area contributed by atoms with Crippen molar-refractivity contribution in [2.24, 2.45) is 0 Å². The Kier molecular flexibility index (Phi) is 1.68. The summed E-state index contributed by atoms with van der Waals surface area (Å²) in [5, 5.41) is 3.43. The minimum Gasteiger partial charge on any atom is -0.443 e. The van der Waals surface area contributed by atoms with Gasteiger partial charge in [0, 0.05) is 18.0 Å². The maximum atomic E-state index is 5.31. The Morgan fingerprint density at radius 1 is 1.47 bits per heavy atom. The van der Waals surface area contributed by atoms with Crippen molar-refractivity contribution in [2.45, 2.75) is 25.3 Å². The quantitative estimate of drug-likeness (QED) is 0.771. The topological polar surface area (TPSA) is 38.1 Å². The lowest BCUT2D eigenvalue weighted by Gasteiger charge is -2.46. The molecule has 1 N–H and O–H groups in total. The number of nitrogens with one attached hydrogen (secondary N) is 1. The lowest BCUT2D eigenvalue weighted by molar-refractivity contribution is 0.208. The minimum atomic E-state index is 0.202. The third kappa shape index (κ3) is 1.27. The lowest BCUT2D eigenvalue weighted by atomic mass is 9.75. The molecule has 1 fully saturated rings. The second-order valence-corrected chi connectivity index (χ2v) is 4.73. The van der Waals surface area contributed by atoms with Crippen molar-refractivity contribution in [3.05, 3.63) is 30.2 Å². The molecule has 0 saturated carbocycles.